The first kappa shape index (κ1) is 27.4. The van der Waals surface area contributed by atoms with Gasteiger partial charge in [0.1, 0.15) is 12.4 Å². The Labute approximate surface area is 238 Å². The number of fused-ring (bicyclic) bond motifs is 2. The lowest BCUT2D eigenvalue weighted by Gasteiger charge is -2.25. The number of nitrogens with one attached hydrogen (secondary N) is 1. The molecule has 0 spiro atoms. The van der Waals surface area contributed by atoms with Gasteiger partial charge in [-0.1, -0.05) is 57.5 Å². The lowest BCUT2D eigenvalue weighted by Crippen LogP contribution is -2.44. The van der Waals surface area contributed by atoms with E-state index in [-0.39, 0.29) is 47.6 Å². The van der Waals surface area contributed by atoms with Crippen LogP contribution in [0.3, 0.4) is 0 Å². The van der Waals surface area contributed by atoms with Crippen molar-refractivity contribution in [2.45, 2.75) is 57.7 Å². The van der Waals surface area contributed by atoms with Gasteiger partial charge in [-0.3, -0.25) is 14.5 Å². The van der Waals surface area contributed by atoms with Gasteiger partial charge in [-0.25, -0.2) is 4.68 Å². The van der Waals surface area contributed by atoms with Gasteiger partial charge in [-0.2, -0.15) is 5.10 Å². The Hall–Kier alpha value is -3.17. The van der Waals surface area contributed by atoms with Crippen molar-refractivity contribution in [3.05, 3.63) is 64.3 Å². The molecule has 0 radical (unpaired) electrons. The maximum Gasteiger partial charge on any atom is 0.240 e. The van der Waals surface area contributed by atoms with E-state index >= 15 is 0 Å². The van der Waals surface area contributed by atoms with Crippen molar-refractivity contribution in [2.75, 3.05) is 24.0 Å². The number of benzene rings is 2. The normalized spacial score (nSPS) is 17.5. The maximum absolute atomic E-state index is 13.8. The average molecular weight is 569 g/mol. The smallest absolute Gasteiger partial charge is 0.240 e. The predicted octanol–water partition coefficient (Wildman–Crippen LogP) is 5.64. The second kappa shape index (κ2) is 10.8. The highest BCUT2D eigenvalue weighted by molar-refractivity contribution is 8.00. The van der Waals surface area contributed by atoms with Crippen LogP contribution in [0.2, 0.25) is 5.02 Å². The SMILES string of the molecule is CC[C@H](C)NC(=O)CN1C(=O)CS[C@@H](c2ccc3c(c2)OCO3)c2c(C(C)(C)C)nn(-c3ccccc3Cl)c21. The van der Waals surface area contributed by atoms with Crippen molar-refractivity contribution in [3.8, 4) is 17.2 Å². The van der Waals surface area contributed by atoms with Crippen molar-refractivity contribution in [1.29, 1.82) is 0 Å². The van der Waals surface area contributed by atoms with Gasteiger partial charge in [0, 0.05) is 17.0 Å². The van der Waals surface area contributed by atoms with Gasteiger partial charge >= 0.3 is 0 Å². The number of aromatic nitrogens is 2. The zero-order chi connectivity index (χ0) is 27.9. The summed E-state index contributed by atoms with van der Waals surface area (Å²) in [5.74, 6) is 1.73. The summed E-state index contributed by atoms with van der Waals surface area (Å²) in [6.45, 7) is 10.3. The Morgan fingerprint density at radius 2 is 1.95 bits per heavy atom. The third-order valence-corrected chi connectivity index (χ3v) is 8.48. The first-order valence-electron chi connectivity index (χ1n) is 13.1. The van der Waals surface area contributed by atoms with Crippen LogP contribution in [0.4, 0.5) is 5.82 Å². The molecule has 0 fully saturated rings. The summed E-state index contributed by atoms with van der Waals surface area (Å²) in [7, 11) is 0. The van der Waals surface area contributed by atoms with Crippen LogP contribution in [0.5, 0.6) is 11.5 Å². The van der Waals surface area contributed by atoms with Crippen LogP contribution in [0.25, 0.3) is 5.69 Å². The number of thioether (sulfide) groups is 1. The fourth-order valence-electron chi connectivity index (χ4n) is 4.77. The molecule has 0 aliphatic carbocycles. The molecule has 2 aromatic carbocycles. The summed E-state index contributed by atoms with van der Waals surface area (Å²) < 4.78 is 13.0. The quantitative estimate of drug-likeness (QED) is 0.414. The summed E-state index contributed by atoms with van der Waals surface area (Å²) in [5.41, 5.74) is 2.95. The second-order valence-electron chi connectivity index (χ2n) is 10.9. The van der Waals surface area contributed by atoms with Crippen molar-refractivity contribution in [3.63, 3.8) is 0 Å². The number of amides is 2. The predicted molar refractivity (Wildman–Crippen MR) is 154 cm³/mol. The Bertz CT molecular complexity index is 1420. The molecule has 39 heavy (non-hydrogen) atoms. The third kappa shape index (κ3) is 5.34. The summed E-state index contributed by atoms with van der Waals surface area (Å²) in [5, 5.41) is 8.34. The van der Waals surface area contributed by atoms with E-state index in [0.717, 1.165) is 23.2 Å². The summed E-state index contributed by atoms with van der Waals surface area (Å²) in [4.78, 5) is 28.5. The number of carbonyl (C=O) groups is 2. The zero-order valence-corrected chi connectivity index (χ0v) is 24.4. The Morgan fingerprint density at radius 3 is 2.67 bits per heavy atom. The summed E-state index contributed by atoms with van der Waals surface area (Å²) in [6.07, 6.45) is 0.790. The van der Waals surface area contributed by atoms with E-state index in [9.17, 15) is 9.59 Å². The number of para-hydroxylation sites is 1. The largest absolute Gasteiger partial charge is 0.454 e. The van der Waals surface area contributed by atoms with E-state index in [2.05, 4.69) is 26.1 Å². The maximum atomic E-state index is 13.8. The van der Waals surface area contributed by atoms with Gasteiger partial charge in [0.25, 0.3) is 0 Å². The van der Waals surface area contributed by atoms with E-state index in [1.165, 1.54) is 11.8 Å². The van der Waals surface area contributed by atoms with E-state index in [4.69, 9.17) is 26.2 Å². The molecule has 1 N–H and O–H groups in total. The van der Waals surface area contributed by atoms with Gasteiger partial charge in [0.05, 0.1) is 27.4 Å². The average Bonchev–Trinajstić information content (AvgIpc) is 3.49. The number of nitrogens with zero attached hydrogens (tertiary/aromatic N) is 3. The van der Waals surface area contributed by atoms with Crippen LogP contribution in [-0.2, 0) is 15.0 Å². The van der Waals surface area contributed by atoms with E-state index in [1.807, 2.05) is 50.2 Å². The van der Waals surface area contributed by atoms with Crippen molar-refractivity contribution < 1.29 is 19.1 Å². The fourth-order valence-corrected chi connectivity index (χ4v) is 6.17. The molecular weight excluding hydrogens is 536 g/mol. The minimum atomic E-state index is -0.371. The fraction of sp³-hybridized carbons (Fsp3) is 0.414. The van der Waals surface area contributed by atoms with Gasteiger partial charge in [0.15, 0.2) is 11.5 Å². The molecular formula is C29H33ClN4O4S. The van der Waals surface area contributed by atoms with Gasteiger partial charge < -0.3 is 14.8 Å². The minimum Gasteiger partial charge on any atom is -0.454 e. The Morgan fingerprint density at radius 1 is 1.21 bits per heavy atom. The van der Waals surface area contributed by atoms with Crippen LogP contribution >= 0.6 is 23.4 Å². The molecule has 0 bridgehead atoms. The number of anilines is 1. The first-order chi connectivity index (χ1) is 18.6. The number of carbonyl (C=O) groups excluding carboxylic acids is 2. The zero-order valence-electron chi connectivity index (χ0n) is 22.8. The molecule has 10 heteroatoms. The van der Waals surface area contributed by atoms with Crippen LogP contribution < -0.4 is 19.7 Å². The second-order valence-corrected chi connectivity index (χ2v) is 12.4. The topological polar surface area (TPSA) is 85.7 Å². The number of rotatable bonds is 6. The molecule has 2 aliphatic rings. The van der Waals surface area contributed by atoms with Crippen LogP contribution in [0.1, 0.15) is 63.1 Å². The molecule has 2 atom stereocenters. The minimum absolute atomic E-state index is 0.00609. The lowest BCUT2D eigenvalue weighted by atomic mass is 9.87. The molecule has 3 aromatic rings. The van der Waals surface area contributed by atoms with Gasteiger partial charge in [-0.05, 0) is 43.2 Å². The Kier molecular flexibility index (Phi) is 7.57. The Balaban J connectivity index is 1.75. The van der Waals surface area contributed by atoms with Crippen molar-refractivity contribution >= 4 is 41.0 Å². The van der Waals surface area contributed by atoms with Gasteiger partial charge in [-0.15, -0.1) is 11.8 Å². The molecule has 1 aromatic heterocycles. The summed E-state index contributed by atoms with van der Waals surface area (Å²) in [6, 6.07) is 13.3. The number of hydrogen-bond acceptors (Lipinski definition) is 6. The lowest BCUT2D eigenvalue weighted by molar-refractivity contribution is -0.123. The van der Waals surface area contributed by atoms with Crippen molar-refractivity contribution in [1.82, 2.24) is 15.1 Å². The molecule has 3 heterocycles. The number of ether oxygens (including phenoxy) is 2. The van der Waals surface area contributed by atoms with Crippen LogP contribution in [0.15, 0.2) is 42.5 Å². The van der Waals surface area contributed by atoms with E-state index in [0.29, 0.717) is 28.0 Å². The molecule has 0 saturated heterocycles. The van der Waals surface area contributed by atoms with E-state index in [1.54, 1.807) is 15.6 Å². The summed E-state index contributed by atoms with van der Waals surface area (Å²) >= 11 is 8.20. The van der Waals surface area contributed by atoms with Crippen LogP contribution in [-0.4, -0.2) is 46.7 Å². The highest BCUT2D eigenvalue weighted by atomic mass is 35.5. The first-order valence-corrected chi connectivity index (χ1v) is 14.5. The molecule has 0 unspecified atom stereocenters. The molecule has 8 nitrogen and oxygen atoms in total. The monoisotopic (exact) mass is 568 g/mol. The number of halogens is 1. The molecule has 0 saturated carbocycles. The van der Waals surface area contributed by atoms with E-state index < -0.39 is 0 Å². The third-order valence-electron chi connectivity index (χ3n) is 6.90. The molecule has 2 amide bonds. The molecule has 5 rings (SSSR count). The van der Waals surface area contributed by atoms with Crippen molar-refractivity contribution in [2.24, 2.45) is 0 Å². The van der Waals surface area contributed by atoms with Crippen LogP contribution in [0, 0.1) is 0 Å². The highest BCUT2D eigenvalue weighted by Gasteiger charge is 2.40. The highest BCUT2D eigenvalue weighted by Crippen LogP contribution is 2.50. The van der Waals surface area contributed by atoms with Gasteiger partial charge in [0.2, 0.25) is 18.6 Å². The number of hydrogen-bond donors (Lipinski definition) is 1. The molecule has 2 aliphatic heterocycles. The molecule has 206 valence electrons. The standard InChI is InChI=1S/C29H33ClN4O4S/c1-6-17(2)31-23(35)14-33-24(36)15-39-26(18-11-12-21-22(13-18)38-16-37-21)25-27(29(3,4)5)32-34(28(25)33)20-10-8-7-9-19(20)30/h7-13,17,26H,6,14-16H2,1-5H3,(H,31,35)/t17-,26-/m0/s1.